The van der Waals surface area contributed by atoms with E-state index in [9.17, 15) is 17.6 Å². The lowest BCUT2D eigenvalue weighted by molar-refractivity contribution is -0.175. The highest BCUT2D eigenvalue weighted by Crippen LogP contribution is 2.15. The van der Waals surface area contributed by atoms with Gasteiger partial charge >= 0.3 is 6.18 Å². The van der Waals surface area contributed by atoms with Gasteiger partial charge in [-0.3, -0.25) is 11.3 Å². The fraction of sp³-hybridized carbons (Fsp3) is 0.500. The van der Waals surface area contributed by atoms with Crippen molar-refractivity contribution in [2.75, 3.05) is 13.2 Å². The van der Waals surface area contributed by atoms with Crippen LogP contribution in [0, 0.1) is 12.7 Å². The number of hydrazine groups is 1. The summed E-state index contributed by atoms with van der Waals surface area (Å²) in [6.07, 6.45) is -3.99. The maximum atomic E-state index is 12.9. The highest BCUT2D eigenvalue weighted by atomic mass is 19.4. The zero-order valence-corrected chi connectivity index (χ0v) is 10.4. The lowest BCUT2D eigenvalue weighted by Gasteiger charge is -2.18. The Morgan fingerprint density at radius 2 is 2.05 bits per heavy atom. The van der Waals surface area contributed by atoms with E-state index in [4.69, 9.17) is 5.84 Å². The second kappa shape index (κ2) is 6.83. The second-order valence-corrected chi connectivity index (χ2v) is 4.27. The third-order valence-electron chi connectivity index (χ3n) is 2.59. The Morgan fingerprint density at radius 1 is 1.37 bits per heavy atom. The Hall–Kier alpha value is -1.18. The number of alkyl halides is 3. The van der Waals surface area contributed by atoms with Crippen LogP contribution in [0.2, 0.25) is 0 Å². The van der Waals surface area contributed by atoms with E-state index in [0.29, 0.717) is 6.42 Å². The van der Waals surface area contributed by atoms with E-state index < -0.39 is 18.8 Å². The number of ether oxygens (including phenoxy) is 1. The second-order valence-electron chi connectivity index (χ2n) is 4.27. The average molecular weight is 280 g/mol. The predicted octanol–water partition coefficient (Wildman–Crippen LogP) is 2.09. The Bertz CT molecular complexity index is 409. The molecule has 1 aromatic carbocycles. The van der Waals surface area contributed by atoms with Gasteiger partial charge in [-0.2, -0.15) is 13.2 Å². The van der Waals surface area contributed by atoms with Crippen molar-refractivity contribution in [1.82, 2.24) is 5.43 Å². The van der Waals surface area contributed by atoms with Crippen LogP contribution in [-0.2, 0) is 11.2 Å². The molecule has 3 nitrogen and oxygen atoms in total. The number of nitrogens with two attached hydrogens (primary N) is 1. The van der Waals surface area contributed by atoms with E-state index in [2.05, 4.69) is 10.2 Å². The van der Waals surface area contributed by atoms with Crippen LogP contribution in [0.4, 0.5) is 17.6 Å². The lowest BCUT2D eigenvalue weighted by Crippen LogP contribution is -2.41. The molecule has 0 aliphatic carbocycles. The zero-order chi connectivity index (χ0) is 14.5. The topological polar surface area (TPSA) is 47.3 Å². The number of rotatable bonds is 6. The lowest BCUT2D eigenvalue weighted by atomic mass is 10.0. The van der Waals surface area contributed by atoms with E-state index in [1.165, 1.54) is 12.1 Å². The molecule has 0 aliphatic heterocycles. The summed E-state index contributed by atoms with van der Waals surface area (Å²) in [5, 5.41) is 0. The van der Waals surface area contributed by atoms with Crippen LogP contribution in [0.5, 0.6) is 0 Å². The fourth-order valence-electron chi connectivity index (χ4n) is 1.64. The predicted molar refractivity (Wildman–Crippen MR) is 62.8 cm³/mol. The first-order valence-electron chi connectivity index (χ1n) is 5.67. The minimum absolute atomic E-state index is 0.174. The minimum atomic E-state index is -4.36. The van der Waals surface area contributed by atoms with Gasteiger partial charge in [-0.15, -0.1) is 0 Å². The largest absolute Gasteiger partial charge is 0.411 e. The van der Waals surface area contributed by atoms with Gasteiger partial charge in [0.05, 0.1) is 6.61 Å². The maximum Gasteiger partial charge on any atom is 0.411 e. The Morgan fingerprint density at radius 3 is 2.58 bits per heavy atom. The third-order valence-corrected chi connectivity index (χ3v) is 2.59. The monoisotopic (exact) mass is 280 g/mol. The first kappa shape index (κ1) is 15.9. The number of aryl methyl sites for hydroxylation is 1. The molecule has 0 spiro atoms. The SMILES string of the molecule is Cc1cc(F)ccc1CC(COCC(F)(F)F)NN. The molecule has 108 valence electrons. The van der Waals surface area contributed by atoms with Gasteiger partial charge in [-0.1, -0.05) is 6.07 Å². The van der Waals surface area contributed by atoms with Crippen LogP contribution in [0.1, 0.15) is 11.1 Å². The van der Waals surface area contributed by atoms with Crippen LogP contribution >= 0.6 is 0 Å². The standard InChI is InChI=1S/C12H16F4N2O/c1-8-4-10(13)3-2-9(8)5-11(18-17)6-19-7-12(14,15)16/h2-4,11,18H,5-7,17H2,1H3. The van der Waals surface area contributed by atoms with E-state index in [1.54, 1.807) is 13.0 Å². The molecule has 0 aromatic heterocycles. The summed E-state index contributed by atoms with van der Waals surface area (Å²) in [6.45, 7) is 0.239. The molecule has 0 fully saturated rings. The number of benzene rings is 1. The molecule has 3 N–H and O–H groups in total. The third kappa shape index (κ3) is 6.00. The zero-order valence-electron chi connectivity index (χ0n) is 10.4. The Labute approximate surface area is 108 Å². The van der Waals surface area contributed by atoms with Crippen LogP contribution in [0.15, 0.2) is 18.2 Å². The molecule has 7 heteroatoms. The highest BCUT2D eigenvalue weighted by molar-refractivity contribution is 5.27. The summed E-state index contributed by atoms with van der Waals surface area (Å²) in [4.78, 5) is 0. The molecule has 1 unspecified atom stereocenters. The maximum absolute atomic E-state index is 12.9. The molecule has 0 saturated carbocycles. The summed E-state index contributed by atoms with van der Waals surface area (Å²) < 4.78 is 53.2. The number of hydrogen-bond donors (Lipinski definition) is 2. The number of hydrogen-bond acceptors (Lipinski definition) is 3. The smallest absolute Gasteiger partial charge is 0.370 e. The van der Waals surface area contributed by atoms with Crippen LogP contribution in [0.3, 0.4) is 0 Å². The molecular weight excluding hydrogens is 264 g/mol. The fourth-order valence-corrected chi connectivity index (χ4v) is 1.64. The van der Waals surface area contributed by atoms with Crippen molar-refractivity contribution < 1.29 is 22.3 Å². The molecule has 0 radical (unpaired) electrons. The molecule has 1 atom stereocenters. The van der Waals surface area contributed by atoms with Gasteiger partial charge in [-0.05, 0) is 36.6 Å². The van der Waals surface area contributed by atoms with Crippen molar-refractivity contribution in [3.05, 3.63) is 35.1 Å². The van der Waals surface area contributed by atoms with Crippen molar-refractivity contribution in [1.29, 1.82) is 0 Å². The average Bonchev–Trinajstić information content (AvgIpc) is 2.29. The van der Waals surface area contributed by atoms with Crippen LogP contribution in [-0.4, -0.2) is 25.4 Å². The van der Waals surface area contributed by atoms with Gasteiger partial charge in [0.25, 0.3) is 0 Å². The molecule has 19 heavy (non-hydrogen) atoms. The van der Waals surface area contributed by atoms with Crippen molar-refractivity contribution in [3.63, 3.8) is 0 Å². The van der Waals surface area contributed by atoms with Gasteiger partial charge in [-0.25, -0.2) is 4.39 Å². The molecule has 1 aromatic rings. The number of nitrogens with one attached hydrogen (secondary N) is 1. The van der Waals surface area contributed by atoms with E-state index >= 15 is 0 Å². The van der Waals surface area contributed by atoms with Crippen molar-refractivity contribution in [2.45, 2.75) is 25.6 Å². The molecule has 1 rings (SSSR count). The summed E-state index contributed by atoms with van der Waals surface area (Å²) in [6, 6.07) is 3.77. The molecule has 0 aliphatic rings. The Kier molecular flexibility index (Phi) is 5.71. The summed E-state index contributed by atoms with van der Waals surface area (Å²) in [7, 11) is 0. The van der Waals surface area contributed by atoms with Crippen LogP contribution < -0.4 is 11.3 Å². The van der Waals surface area contributed by atoms with Gasteiger partial charge < -0.3 is 4.74 Å². The van der Waals surface area contributed by atoms with Gasteiger partial charge in [0.2, 0.25) is 0 Å². The quantitative estimate of drug-likeness (QED) is 0.476. The van der Waals surface area contributed by atoms with Gasteiger partial charge in [0.1, 0.15) is 12.4 Å². The molecule has 0 heterocycles. The highest BCUT2D eigenvalue weighted by Gasteiger charge is 2.27. The summed E-state index contributed by atoms with van der Waals surface area (Å²) in [5.74, 6) is 4.91. The van der Waals surface area contributed by atoms with Gasteiger partial charge in [0, 0.05) is 6.04 Å². The number of halogens is 4. The van der Waals surface area contributed by atoms with Gasteiger partial charge in [0.15, 0.2) is 0 Å². The first-order valence-corrected chi connectivity index (χ1v) is 5.67. The van der Waals surface area contributed by atoms with Crippen molar-refractivity contribution >= 4 is 0 Å². The van der Waals surface area contributed by atoms with Crippen molar-refractivity contribution in [3.8, 4) is 0 Å². The summed E-state index contributed by atoms with van der Waals surface area (Å²) >= 11 is 0. The summed E-state index contributed by atoms with van der Waals surface area (Å²) in [5.41, 5.74) is 3.92. The van der Waals surface area contributed by atoms with E-state index in [1.807, 2.05) is 0 Å². The Balaban J connectivity index is 2.52. The normalized spacial score (nSPS) is 13.6. The van der Waals surface area contributed by atoms with E-state index in [-0.39, 0.29) is 12.4 Å². The molecule has 0 saturated heterocycles. The first-order chi connectivity index (χ1) is 8.81. The molecular formula is C12H16F4N2O. The molecule has 0 amide bonds. The molecule has 0 bridgehead atoms. The van der Waals surface area contributed by atoms with E-state index in [0.717, 1.165) is 11.1 Å². The van der Waals surface area contributed by atoms with Crippen LogP contribution in [0.25, 0.3) is 0 Å². The minimum Gasteiger partial charge on any atom is -0.370 e. The van der Waals surface area contributed by atoms with Crippen molar-refractivity contribution in [2.24, 2.45) is 5.84 Å².